The molecule has 1 aromatic heterocycles. The monoisotopic (exact) mass is 277 g/mol. The fourth-order valence-electron chi connectivity index (χ4n) is 2.24. The van der Waals surface area contributed by atoms with Crippen molar-refractivity contribution in [1.29, 1.82) is 0 Å². The fraction of sp³-hybridized carbons (Fsp3) is 0.400. The van der Waals surface area contributed by atoms with Crippen LogP contribution in [0.5, 0.6) is 5.75 Å². The van der Waals surface area contributed by atoms with Crippen LogP contribution in [0.1, 0.15) is 30.6 Å². The van der Waals surface area contributed by atoms with Crippen LogP contribution < -0.4 is 10.1 Å². The molecule has 2 aromatic rings. The summed E-state index contributed by atoms with van der Waals surface area (Å²) >= 11 is 0. The number of aryl methyl sites for hydroxylation is 1. The highest BCUT2D eigenvalue weighted by Gasteiger charge is 2.21. The highest BCUT2D eigenvalue weighted by atomic mass is 19.1. The molecule has 0 aliphatic carbocycles. The highest BCUT2D eigenvalue weighted by Crippen LogP contribution is 2.30. The largest absolute Gasteiger partial charge is 0.496 e. The van der Waals surface area contributed by atoms with E-state index in [1.165, 1.54) is 12.1 Å². The van der Waals surface area contributed by atoms with Gasteiger partial charge in [-0.1, -0.05) is 6.92 Å². The molecule has 1 unspecified atom stereocenters. The van der Waals surface area contributed by atoms with Crippen molar-refractivity contribution in [1.82, 2.24) is 14.9 Å². The Kier molecular flexibility index (Phi) is 4.74. The van der Waals surface area contributed by atoms with Crippen molar-refractivity contribution in [2.75, 3.05) is 13.7 Å². The van der Waals surface area contributed by atoms with E-state index >= 15 is 0 Å². The van der Waals surface area contributed by atoms with Crippen LogP contribution in [0.3, 0.4) is 0 Å². The lowest BCUT2D eigenvalue weighted by atomic mass is 10.0. The molecule has 0 radical (unpaired) electrons. The molecule has 1 N–H and O–H groups in total. The van der Waals surface area contributed by atoms with Crippen molar-refractivity contribution in [3.8, 4) is 5.75 Å². The van der Waals surface area contributed by atoms with Crippen LogP contribution in [0.4, 0.5) is 4.39 Å². The summed E-state index contributed by atoms with van der Waals surface area (Å²) in [6, 6.07) is 4.43. The summed E-state index contributed by atoms with van der Waals surface area (Å²) < 4.78 is 20.9. The molecule has 0 spiro atoms. The number of nitrogens with one attached hydrogen (secondary N) is 1. The first-order valence-electron chi connectivity index (χ1n) is 6.70. The summed E-state index contributed by atoms with van der Waals surface area (Å²) in [6.07, 6.45) is 4.52. The molecule has 1 heterocycles. The molecule has 1 aromatic carbocycles. The average molecular weight is 277 g/mol. The SMILES string of the molecule is CCCNC(c1cc(F)ccc1OC)c1cncn1C. The van der Waals surface area contributed by atoms with E-state index in [9.17, 15) is 4.39 Å². The van der Waals surface area contributed by atoms with Gasteiger partial charge in [0.15, 0.2) is 0 Å². The Morgan fingerprint density at radius 2 is 2.25 bits per heavy atom. The second kappa shape index (κ2) is 6.52. The van der Waals surface area contributed by atoms with E-state index in [4.69, 9.17) is 4.74 Å². The molecule has 0 aliphatic rings. The number of aromatic nitrogens is 2. The number of halogens is 1. The average Bonchev–Trinajstić information content (AvgIpc) is 2.86. The molecule has 2 rings (SSSR count). The molecule has 0 amide bonds. The van der Waals surface area contributed by atoms with Crippen LogP contribution in [0.25, 0.3) is 0 Å². The molecule has 0 saturated heterocycles. The minimum atomic E-state index is -0.272. The number of imidazole rings is 1. The topological polar surface area (TPSA) is 39.1 Å². The predicted octanol–water partition coefficient (Wildman–Crippen LogP) is 2.66. The Bertz CT molecular complexity index is 568. The Morgan fingerprint density at radius 3 is 2.85 bits per heavy atom. The first-order chi connectivity index (χ1) is 9.67. The Hall–Kier alpha value is -1.88. The van der Waals surface area contributed by atoms with Crippen molar-refractivity contribution in [3.05, 3.63) is 47.8 Å². The summed E-state index contributed by atoms with van der Waals surface area (Å²) in [5, 5.41) is 3.42. The molecule has 5 heteroatoms. The minimum Gasteiger partial charge on any atom is -0.496 e. The highest BCUT2D eigenvalue weighted by molar-refractivity contribution is 5.40. The lowest BCUT2D eigenvalue weighted by Crippen LogP contribution is -2.25. The molecule has 0 aliphatic heterocycles. The summed E-state index contributed by atoms with van der Waals surface area (Å²) in [6.45, 7) is 2.92. The van der Waals surface area contributed by atoms with Gasteiger partial charge in [-0.25, -0.2) is 9.37 Å². The molecule has 0 bridgehead atoms. The van der Waals surface area contributed by atoms with Gasteiger partial charge in [0.25, 0.3) is 0 Å². The van der Waals surface area contributed by atoms with E-state index in [1.54, 1.807) is 25.7 Å². The lowest BCUT2D eigenvalue weighted by Gasteiger charge is -2.21. The van der Waals surface area contributed by atoms with E-state index in [-0.39, 0.29) is 11.9 Å². The molecule has 108 valence electrons. The van der Waals surface area contributed by atoms with Crippen molar-refractivity contribution in [2.24, 2.45) is 7.05 Å². The molecular weight excluding hydrogens is 257 g/mol. The van der Waals surface area contributed by atoms with Crippen LogP contribution in [-0.4, -0.2) is 23.2 Å². The number of rotatable bonds is 6. The van der Waals surface area contributed by atoms with Gasteiger partial charge in [0, 0.05) is 12.6 Å². The predicted molar refractivity (Wildman–Crippen MR) is 76.3 cm³/mol. The van der Waals surface area contributed by atoms with Gasteiger partial charge in [0.2, 0.25) is 0 Å². The maximum atomic E-state index is 13.6. The maximum absolute atomic E-state index is 13.6. The Labute approximate surface area is 118 Å². The first-order valence-corrected chi connectivity index (χ1v) is 6.70. The van der Waals surface area contributed by atoms with Gasteiger partial charge < -0.3 is 14.6 Å². The number of hydrogen-bond donors (Lipinski definition) is 1. The smallest absolute Gasteiger partial charge is 0.124 e. The molecule has 20 heavy (non-hydrogen) atoms. The third kappa shape index (κ3) is 2.99. The zero-order valence-corrected chi connectivity index (χ0v) is 12.1. The molecule has 4 nitrogen and oxygen atoms in total. The number of ether oxygens (including phenoxy) is 1. The maximum Gasteiger partial charge on any atom is 0.124 e. The number of benzene rings is 1. The van der Waals surface area contributed by atoms with E-state index in [0.29, 0.717) is 5.75 Å². The van der Waals surface area contributed by atoms with Gasteiger partial charge >= 0.3 is 0 Å². The second-order valence-corrected chi connectivity index (χ2v) is 4.70. The van der Waals surface area contributed by atoms with E-state index in [1.807, 2.05) is 11.6 Å². The van der Waals surface area contributed by atoms with E-state index < -0.39 is 0 Å². The zero-order chi connectivity index (χ0) is 14.5. The normalized spacial score (nSPS) is 12.4. The fourth-order valence-corrected chi connectivity index (χ4v) is 2.24. The van der Waals surface area contributed by atoms with Gasteiger partial charge in [-0.15, -0.1) is 0 Å². The lowest BCUT2D eigenvalue weighted by molar-refractivity contribution is 0.401. The van der Waals surface area contributed by atoms with Crippen LogP contribution in [0, 0.1) is 5.82 Å². The molecular formula is C15H20FN3O. The van der Waals surface area contributed by atoms with Crippen molar-refractivity contribution in [2.45, 2.75) is 19.4 Å². The first kappa shape index (κ1) is 14.5. The Morgan fingerprint density at radius 1 is 1.45 bits per heavy atom. The van der Waals surface area contributed by atoms with Crippen LogP contribution in [-0.2, 0) is 7.05 Å². The molecule has 0 saturated carbocycles. The van der Waals surface area contributed by atoms with Crippen molar-refractivity contribution >= 4 is 0 Å². The van der Waals surface area contributed by atoms with Crippen LogP contribution >= 0.6 is 0 Å². The van der Waals surface area contributed by atoms with Gasteiger partial charge in [0.05, 0.1) is 31.4 Å². The zero-order valence-electron chi connectivity index (χ0n) is 12.1. The Balaban J connectivity index is 2.46. The van der Waals surface area contributed by atoms with Gasteiger partial charge in [0.1, 0.15) is 11.6 Å². The number of nitrogens with zero attached hydrogens (tertiary/aromatic N) is 2. The summed E-state index contributed by atoms with van der Waals surface area (Å²) in [7, 11) is 3.52. The van der Waals surface area contributed by atoms with Gasteiger partial charge in [-0.3, -0.25) is 0 Å². The molecule has 1 atom stereocenters. The number of hydrogen-bond acceptors (Lipinski definition) is 3. The van der Waals surface area contributed by atoms with Crippen molar-refractivity contribution < 1.29 is 9.13 Å². The second-order valence-electron chi connectivity index (χ2n) is 4.70. The van der Waals surface area contributed by atoms with Gasteiger partial charge in [-0.2, -0.15) is 0 Å². The quantitative estimate of drug-likeness (QED) is 0.882. The summed E-state index contributed by atoms with van der Waals surface area (Å²) in [4.78, 5) is 4.14. The third-order valence-electron chi connectivity index (χ3n) is 3.25. The van der Waals surface area contributed by atoms with Crippen LogP contribution in [0.15, 0.2) is 30.7 Å². The van der Waals surface area contributed by atoms with Crippen LogP contribution in [0.2, 0.25) is 0 Å². The summed E-state index contributed by atoms with van der Waals surface area (Å²) in [5.41, 5.74) is 1.76. The summed E-state index contributed by atoms with van der Waals surface area (Å²) in [5.74, 6) is 0.396. The standard InChI is InChI=1S/C15H20FN3O/c1-4-7-18-15(13-9-17-10-19(13)2)12-8-11(16)5-6-14(12)20-3/h5-6,8-10,15,18H,4,7H2,1-3H3. The molecule has 0 fully saturated rings. The van der Waals surface area contributed by atoms with E-state index in [0.717, 1.165) is 24.2 Å². The van der Waals surface area contributed by atoms with E-state index in [2.05, 4.69) is 17.2 Å². The number of methoxy groups -OCH3 is 1. The van der Waals surface area contributed by atoms with Crippen molar-refractivity contribution in [3.63, 3.8) is 0 Å². The minimum absolute atomic E-state index is 0.145. The van der Waals surface area contributed by atoms with Gasteiger partial charge in [-0.05, 0) is 31.2 Å². The third-order valence-corrected chi connectivity index (χ3v) is 3.25.